The SMILES string of the molecule is C=C(C)[C@@H]1CCC2(CO)CC[C@]3(C)C(CCC4[C@@]5(C)CC[C@H](O[C@H]6OC[C@@H](O)[C@@H](O)[C@@H]6O)C(C)(C)C5CC[C@]43C)C12. The first-order chi connectivity index (χ1) is 19.2. The van der Waals surface area contributed by atoms with Crippen LogP contribution in [-0.4, -0.2) is 64.3 Å². The molecule has 0 bridgehead atoms. The summed E-state index contributed by atoms with van der Waals surface area (Å²) in [6, 6.07) is 0. The van der Waals surface area contributed by atoms with Gasteiger partial charge in [0, 0.05) is 6.61 Å². The minimum Gasteiger partial charge on any atom is -0.396 e. The monoisotopic (exact) mass is 574 g/mol. The molecule has 0 aromatic heterocycles. The zero-order chi connectivity index (χ0) is 29.8. The van der Waals surface area contributed by atoms with E-state index in [4.69, 9.17) is 9.47 Å². The molecule has 4 N–H and O–H groups in total. The van der Waals surface area contributed by atoms with Gasteiger partial charge in [0.2, 0.25) is 0 Å². The predicted molar refractivity (Wildman–Crippen MR) is 159 cm³/mol. The standard InChI is InChI=1S/C35H58O6/c1-20(2)21-10-15-35(19-36)17-16-33(6)22(27(21)35)8-9-25-32(5)13-12-26(31(3,4)24(32)11-14-34(25,33)7)41-30-29(39)28(38)23(37)18-40-30/h21-30,36-39H,1,8-19H2,2-7H3/t21-,22?,23+,24?,25?,26-,27?,28+,29-,30+,32-,33+,34+,35?/m0/s1. The lowest BCUT2D eigenvalue weighted by molar-refractivity contribution is -0.311. The van der Waals surface area contributed by atoms with Gasteiger partial charge >= 0.3 is 0 Å². The number of rotatable bonds is 4. The highest BCUT2D eigenvalue weighted by molar-refractivity contribution is 5.21. The van der Waals surface area contributed by atoms with Crippen LogP contribution in [0.2, 0.25) is 0 Å². The van der Waals surface area contributed by atoms with E-state index in [1.165, 1.54) is 44.1 Å². The molecule has 6 fully saturated rings. The van der Waals surface area contributed by atoms with Crippen LogP contribution in [0.1, 0.15) is 106 Å². The molecule has 1 saturated heterocycles. The molecule has 0 spiro atoms. The van der Waals surface area contributed by atoms with Crippen molar-refractivity contribution < 1.29 is 29.9 Å². The smallest absolute Gasteiger partial charge is 0.186 e. The lowest BCUT2D eigenvalue weighted by Gasteiger charge is -2.73. The number of allylic oxidation sites excluding steroid dienone is 1. The van der Waals surface area contributed by atoms with Gasteiger partial charge in [-0.25, -0.2) is 0 Å². The lowest BCUT2D eigenvalue weighted by Crippen LogP contribution is -2.67. The van der Waals surface area contributed by atoms with Gasteiger partial charge in [-0.05, 0) is 128 Å². The quantitative estimate of drug-likeness (QED) is 0.263. The van der Waals surface area contributed by atoms with Crippen LogP contribution in [0.5, 0.6) is 0 Å². The molecule has 6 heteroatoms. The first-order valence-electron chi connectivity index (χ1n) is 16.7. The molecule has 5 aliphatic carbocycles. The Morgan fingerprint density at radius 2 is 1.56 bits per heavy atom. The fourth-order valence-electron chi connectivity index (χ4n) is 12.8. The molecular weight excluding hydrogens is 516 g/mol. The molecule has 6 rings (SSSR count). The van der Waals surface area contributed by atoms with Gasteiger partial charge in [0.1, 0.15) is 18.3 Å². The summed E-state index contributed by atoms with van der Waals surface area (Å²) in [4.78, 5) is 0. The van der Waals surface area contributed by atoms with Crippen LogP contribution in [0.4, 0.5) is 0 Å². The van der Waals surface area contributed by atoms with E-state index in [1.54, 1.807) is 0 Å². The molecule has 1 heterocycles. The fraction of sp³-hybridized carbons (Fsp3) is 0.943. The Morgan fingerprint density at radius 1 is 0.829 bits per heavy atom. The van der Waals surface area contributed by atoms with Crippen molar-refractivity contribution >= 4 is 0 Å². The number of hydrogen-bond acceptors (Lipinski definition) is 6. The average Bonchev–Trinajstić information content (AvgIpc) is 3.31. The summed E-state index contributed by atoms with van der Waals surface area (Å²) in [6.45, 7) is 19.6. The second-order valence-corrected chi connectivity index (χ2v) is 16.9. The van der Waals surface area contributed by atoms with Crippen LogP contribution in [0.25, 0.3) is 0 Å². The van der Waals surface area contributed by atoms with Gasteiger partial charge in [-0.3, -0.25) is 0 Å². The largest absolute Gasteiger partial charge is 0.396 e. The third kappa shape index (κ3) is 4.09. The second-order valence-electron chi connectivity index (χ2n) is 16.9. The van der Waals surface area contributed by atoms with Gasteiger partial charge < -0.3 is 29.9 Å². The van der Waals surface area contributed by atoms with Crippen LogP contribution >= 0.6 is 0 Å². The highest BCUT2D eigenvalue weighted by atomic mass is 16.7. The van der Waals surface area contributed by atoms with E-state index in [1.807, 2.05) is 0 Å². The van der Waals surface area contributed by atoms with Crippen molar-refractivity contribution in [2.75, 3.05) is 13.2 Å². The highest BCUT2D eigenvalue weighted by Crippen LogP contribution is 2.77. The Kier molecular flexibility index (Phi) is 7.45. The molecule has 1 aliphatic heterocycles. The van der Waals surface area contributed by atoms with Gasteiger partial charge in [0.15, 0.2) is 6.29 Å². The number of aliphatic hydroxyl groups excluding tert-OH is 4. The molecule has 6 nitrogen and oxygen atoms in total. The van der Waals surface area contributed by atoms with Crippen LogP contribution < -0.4 is 0 Å². The molecule has 0 aromatic rings. The summed E-state index contributed by atoms with van der Waals surface area (Å²) < 4.78 is 12.1. The molecule has 5 saturated carbocycles. The Hall–Kier alpha value is -0.500. The van der Waals surface area contributed by atoms with Gasteiger partial charge in [-0.15, -0.1) is 0 Å². The van der Waals surface area contributed by atoms with Crippen molar-refractivity contribution in [2.24, 2.45) is 56.7 Å². The Labute approximate surface area is 248 Å². The van der Waals surface area contributed by atoms with E-state index in [-0.39, 0.29) is 39.8 Å². The van der Waals surface area contributed by atoms with E-state index >= 15 is 0 Å². The number of aliphatic hydroxyl groups is 4. The van der Waals surface area contributed by atoms with Crippen LogP contribution in [-0.2, 0) is 9.47 Å². The third-order valence-electron chi connectivity index (χ3n) is 15.2. The zero-order valence-electron chi connectivity index (χ0n) is 26.6. The first-order valence-corrected chi connectivity index (χ1v) is 16.7. The van der Waals surface area contributed by atoms with Crippen LogP contribution in [0.15, 0.2) is 12.2 Å². The van der Waals surface area contributed by atoms with Crippen molar-refractivity contribution in [1.29, 1.82) is 0 Å². The molecule has 14 atom stereocenters. The van der Waals surface area contributed by atoms with Crippen LogP contribution in [0, 0.1) is 56.7 Å². The summed E-state index contributed by atoms with van der Waals surface area (Å²) in [7, 11) is 0. The van der Waals surface area contributed by atoms with Crippen molar-refractivity contribution in [3.63, 3.8) is 0 Å². The maximum absolute atomic E-state index is 10.8. The van der Waals surface area contributed by atoms with Gasteiger partial charge in [0.25, 0.3) is 0 Å². The second kappa shape index (κ2) is 10.0. The fourth-order valence-corrected chi connectivity index (χ4v) is 12.8. The minimum atomic E-state index is -1.25. The molecule has 0 radical (unpaired) electrons. The predicted octanol–water partition coefficient (Wildman–Crippen LogP) is 5.46. The minimum absolute atomic E-state index is 0.0256. The molecule has 0 aromatic carbocycles. The molecule has 0 amide bonds. The van der Waals surface area contributed by atoms with E-state index in [9.17, 15) is 20.4 Å². The number of hydrogen-bond donors (Lipinski definition) is 4. The van der Waals surface area contributed by atoms with E-state index in [2.05, 4.69) is 48.1 Å². The van der Waals surface area contributed by atoms with E-state index in [0.29, 0.717) is 36.2 Å². The number of fused-ring (bicyclic) bond motifs is 7. The molecular formula is C35H58O6. The lowest BCUT2D eigenvalue weighted by atomic mass is 9.32. The Bertz CT molecular complexity index is 1030. The Balaban J connectivity index is 1.27. The highest BCUT2D eigenvalue weighted by Gasteiger charge is 2.71. The molecule has 234 valence electrons. The average molecular weight is 575 g/mol. The van der Waals surface area contributed by atoms with Crippen molar-refractivity contribution in [3.8, 4) is 0 Å². The van der Waals surface area contributed by atoms with Crippen molar-refractivity contribution in [2.45, 2.75) is 136 Å². The summed E-state index contributed by atoms with van der Waals surface area (Å²) in [5.41, 5.74) is 2.04. The summed E-state index contributed by atoms with van der Waals surface area (Å²) in [5, 5.41) is 41.5. The summed E-state index contributed by atoms with van der Waals surface area (Å²) >= 11 is 0. The maximum Gasteiger partial charge on any atom is 0.186 e. The van der Waals surface area contributed by atoms with E-state index < -0.39 is 24.6 Å². The van der Waals surface area contributed by atoms with Gasteiger partial charge in [-0.1, -0.05) is 46.8 Å². The van der Waals surface area contributed by atoms with Crippen molar-refractivity contribution in [1.82, 2.24) is 0 Å². The first kappa shape index (κ1) is 30.5. The normalized spacial score (nSPS) is 56.2. The van der Waals surface area contributed by atoms with Gasteiger partial charge in [-0.2, -0.15) is 0 Å². The Morgan fingerprint density at radius 3 is 2.24 bits per heavy atom. The maximum atomic E-state index is 10.8. The zero-order valence-corrected chi connectivity index (χ0v) is 26.6. The van der Waals surface area contributed by atoms with Crippen LogP contribution in [0.3, 0.4) is 0 Å². The summed E-state index contributed by atoms with van der Waals surface area (Å²) in [5.74, 6) is 2.90. The topological polar surface area (TPSA) is 99.4 Å². The van der Waals surface area contributed by atoms with Gasteiger partial charge in [0.05, 0.1) is 12.7 Å². The number of ether oxygens (including phenoxy) is 2. The third-order valence-corrected chi connectivity index (χ3v) is 15.2. The summed E-state index contributed by atoms with van der Waals surface area (Å²) in [6.07, 6.45) is 7.09. The van der Waals surface area contributed by atoms with Crippen molar-refractivity contribution in [3.05, 3.63) is 12.2 Å². The van der Waals surface area contributed by atoms with E-state index in [0.717, 1.165) is 25.7 Å². The molecule has 41 heavy (non-hydrogen) atoms. The molecule has 6 aliphatic rings. The molecule has 5 unspecified atom stereocenters.